The zero-order chi connectivity index (χ0) is 17.3. The van der Waals surface area contributed by atoms with E-state index in [4.69, 9.17) is 5.73 Å². The maximum Gasteiger partial charge on any atom is 0.244 e. The van der Waals surface area contributed by atoms with E-state index >= 15 is 0 Å². The first-order valence-electron chi connectivity index (χ1n) is 8.06. The van der Waals surface area contributed by atoms with E-state index < -0.39 is 15.9 Å². The molecule has 1 aliphatic carbocycles. The molecule has 1 aliphatic rings. The largest absolute Gasteiger partial charge is 0.369 e. The lowest BCUT2D eigenvalue weighted by Crippen LogP contribution is -2.44. The van der Waals surface area contributed by atoms with Crippen LogP contribution in [0.1, 0.15) is 31.2 Å². The number of benzene rings is 1. The molecule has 0 radical (unpaired) electrons. The molecule has 2 N–H and O–H groups in total. The quantitative estimate of drug-likeness (QED) is 0.895. The van der Waals surface area contributed by atoms with E-state index in [1.807, 2.05) is 6.92 Å². The molecule has 3 rings (SSSR count). The third kappa shape index (κ3) is 3.01. The predicted molar refractivity (Wildman–Crippen MR) is 91.8 cm³/mol. The zero-order valence-electron chi connectivity index (χ0n) is 13.6. The summed E-state index contributed by atoms with van der Waals surface area (Å²) in [6.07, 6.45) is 5.09. The Morgan fingerprint density at radius 3 is 2.67 bits per heavy atom. The molecule has 0 bridgehead atoms. The number of sulfonamides is 1. The van der Waals surface area contributed by atoms with Gasteiger partial charge in [0.15, 0.2) is 0 Å². The van der Waals surface area contributed by atoms with Crippen LogP contribution in [0.4, 0.5) is 0 Å². The minimum atomic E-state index is -3.83. The smallest absolute Gasteiger partial charge is 0.244 e. The molecule has 0 spiro atoms. The monoisotopic (exact) mass is 347 g/mol. The van der Waals surface area contributed by atoms with Crippen molar-refractivity contribution in [3.8, 4) is 0 Å². The Morgan fingerprint density at radius 2 is 2.00 bits per heavy atom. The van der Waals surface area contributed by atoms with Crippen molar-refractivity contribution in [1.29, 1.82) is 0 Å². The Hall–Kier alpha value is -1.99. The zero-order valence-corrected chi connectivity index (χ0v) is 14.4. The maximum atomic E-state index is 13.3. The molecule has 1 saturated carbocycles. The topological polar surface area (TPSA) is 93.4 Å². The number of hydrogen-bond acceptors (Lipinski definition) is 4. The number of pyridine rings is 1. The highest BCUT2D eigenvalue weighted by atomic mass is 32.2. The van der Waals surface area contributed by atoms with Gasteiger partial charge in [-0.3, -0.25) is 9.78 Å². The van der Waals surface area contributed by atoms with Crippen LogP contribution in [-0.4, -0.2) is 36.2 Å². The number of aryl methyl sites for hydroxylation is 1. The fourth-order valence-electron chi connectivity index (χ4n) is 3.40. The number of carbonyl (C=O) groups excluding carboxylic acids is 1. The van der Waals surface area contributed by atoms with Crippen molar-refractivity contribution >= 4 is 26.8 Å². The van der Waals surface area contributed by atoms with E-state index in [-0.39, 0.29) is 17.5 Å². The molecule has 2 aromatic rings. The van der Waals surface area contributed by atoms with Gasteiger partial charge in [-0.1, -0.05) is 18.9 Å². The Bertz CT molecular complexity index is 874. The van der Waals surface area contributed by atoms with Crippen LogP contribution in [0, 0.1) is 6.92 Å². The summed E-state index contributed by atoms with van der Waals surface area (Å²) in [6, 6.07) is 6.64. The van der Waals surface area contributed by atoms with Crippen LogP contribution >= 0.6 is 0 Å². The Labute approximate surface area is 141 Å². The number of fused-ring (bicyclic) bond motifs is 1. The van der Waals surface area contributed by atoms with Crippen molar-refractivity contribution < 1.29 is 13.2 Å². The highest BCUT2D eigenvalue weighted by Gasteiger charge is 2.35. The maximum absolute atomic E-state index is 13.3. The number of nitrogens with zero attached hydrogens (tertiary/aromatic N) is 2. The van der Waals surface area contributed by atoms with E-state index in [0.29, 0.717) is 10.9 Å². The normalized spacial score (nSPS) is 16.1. The molecule has 0 saturated heterocycles. The van der Waals surface area contributed by atoms with E-state index in [2.05, 4.69) is 4.98 Å². The van der Waals surface area contributed by atoms with Gasteiger partial charge in [0.05, 0.1) is 17.0 Å². The second-order valence-corrected chi connectivity index (χ2v) is 8.09. The van der Waals surface area contributed by atoms with Gasteiger partial charge in [-0.05, 0) is 43.5 Å². The van der Waals surface area contributed by atoms with Gasteiger partial charge in [0.1, 0.15) is 0 Å². The second-order valence-electron chi connectivity index (χ2n) is 6.24. The van der Waals surface area contributed by atoms with Crippen LogP contribution < -0.4 is 5.73 Å². The Balaban J connectivity index is 2.14. The summed E-state index contributed by atoms with van der Waals surface area (Å²) in [6.45, 7) is 1.60. The number of amides is 1. The summed E-state index contributed by atoms with van der Waals surface area (Å²) in [4.78, 5) is 15.9. The summed E-state index contributed by atoms with van der Waals surface area (Å²) in [7, 11) is -3.83. The molecular weight excluding hydrogens is 326 g/mol. The molecule has 1 fully saturated rings. The highest BCUT2D eigenvalue weighted by Crippen LogP contribution is 2.32. The first-order chi connectivity index (χ1) is 11.4. The number of carbonyl (C=O) groups is 1. The van der Waals surface area contributed by atoms with Crippen LogP contribution in [0.15, 0.2) is 35.4 Å². The summed E-state index contributed by atoms with van der Waals surface area (Å²) in [5, 5.41) is 0.574. The molecule has 7 heteroatoms. The van der Waals surface area contributed by atoms with E-state index in [1.165, 1.54) is 4.31 Å². The SMILES string of the molecule is Cc1ccc(S(=O)(=O)N(CC(N)=O)C2CCCC2)c2cccnc12. The van der Waals surface area contributed by atoms with Gasteiger partial charge in [0.2, 0.25) is 15.9 Å². The molecule has 1 amide bonds. The summed E-state index contributed by atoms with van der Waals surface area (Å²) in [5.74, 6) is -0.639. The minimum Gasteiger partial charge on any atom is -0.369 e. The summed E-state index contributed by atoms with van der Waals surface area (Å²) < 4.78 is 27.8. The summed E-state index contributed by atoms with van der Waals surface area (Å²) >= 11 is 0. The summed E-state index contributed by atoms with van der Waals surface area (Å²) in [5.41, 5.74) is 6.88. The second kappa shape index (κ2) is 6.49. The van der Waals surface area contributed by atoms with Crippen molar-refractivity contribution in [3.63, 3.8) is 0 Å². The van der Waals surface area contributed by atoms with Crippen LogP contribution in [0.25, 0.3) is 10.9 Å². The van der Waals surface area contributed by atoms with Gasteiger partial charge in [0.25, 0.3) is 0 Å². The van der Waals surface area contributed by atoms with Crippen LogP contribution in [0.5, 0.6) is 0 Å². The number of hydrogen-bond donors (Lipinski definition) is 1. The third-order valence-electron chi connectivity index (χ3n) is 4.56. The molecule has 0 atom stereocenters. The molecule has 1 aromatic heterocycles. The van der Waals surface area contributed by atoms with Gasteiger partial charge in [-0.15, -0.1) is 0 Å². The van der Waals surface area contributed by atoms with E-state index in [0.717, 1.165) is 31.2 Å². The molecule has 128 valence electrons. The number of primary amides is 1. The van der Waals surface area contributed by atoms with Crippen molar-refractivity contribution in [2.24, 2.45) is 5.73 Å². The van der Waals surface area contributed by atoms with Crippen molar-refractivity contribution in [3.05, 3.63) is 36.0 Å². The van der Waals surface area contributed by atoms with Gasteiger partial charge in [0, 0.05) is 17.6 Å². The lowest BCUT2D eigenvalue weighted by atomic mass is 10.1. The molecule has 0 aliphatic heterocycles. The lowest BCUT2D eigenvalue weighted by Gasteiger charge is -2.27. The van der Waals surface area contributed by atoms with Crippen LogP contribution in [0.2, 0.25) is 0 Å². The van der Waals surface area contributed by atoms with Crippen LogP contribution in [0.3, 0.4) is 0 Å². The molecule has 24 heavy (non-hydrogen) atoms. The fraction of sp³-hybridized carbons (Fsp3) is 0.412. The fourth-order valence-corrected chi connectivity index (χ4v) is 5.23. The first-order valence-corrected chi connectivity index (χ1v) is 9.50. The predicted octanol–water partition coefficient (Wildman–Crippen LogP) is 1.96. The number of nitrogens with two attached hydrogens (primary N) is 1. The minimum absolute atomic E-state index is 0.171. The average molecular weight is 347 g/mol. The van der Waals surface area contributed by atoms with E-state index in [1.54, 1.807) is 30.5 Å². The highest BCUT2D eigenvalue weighted by molar-refractivity contribution is 7.89. The van der Waals surface area contributed by atoms with Gasteiger partial charge in [-0.2, -0.15) is 4.31 Å². The Kier molecular flexibility index (Phi) is 4.56. The third-order valence-corrected chi connectivity index (χ3v) is 6.52. The van der Waals surface area contributed by atoms with Gasteiger partial charge < -0.3 is 5.73 Å². The van der Waals surface area contributed by atoms with Crippen molar-refractivity contribution in [2.75, 3.05) is 6.54 Å². The molecular formula is C17H21N3O3S. The van der Waals surface area contributed by atoms with Crippen molar-refractivity contribution in [2.45, 2.75) is 43.5 Å². The van der Waals surface area contributed by atoms with E-state index in [9.17, 15) is 13.2 Å². The number of aromatic nitrogens is 1. The van der Waals surface area contributed by atoms with Gasteiger partial charge >= 0.3 is 0 Å². The molecule has 1 aromatic carbocycles. The Morgan fingerprint density at radius 1 is 1.29 bits per heavy atom. The van der Waals surface area contributed by atoms with Gasteiger partial charge in [-0.25, -0.2) is 8.42 Å². The van der Waals surface area contributed by atoms with Crippen LogP contribution in [-0.2, 0) is 14.8 Å². The van der Waals surface area contributed by atoms with Crippen molar-refractivity contribution in [1.82, 2.24) is 9.29 Å². The average Bonchev–Trinajstić information content (AvgIpc) is 3.06. The standard InChI is InChI=1S/C17H21N3O3S/c1-12-8-9-15(14-7-4-10-19-17(12)14)24(22,23)20(11-16(18)21)13-5-2-3-6-13/h4,7-10,13H,2-3,5-6,11H2,1H3,(H2,18,21). The molecule has 0 unspecified atom stereocenters. The number of rotatable bonds is 5. The molecule has 6 nitrogen and oxygen atoms in total. The lowest BCUT2D eigenvalue weighted by molar-refractivity contribution is -0.118. The first kappa shape index (κ1) is 16.9. The molecule has 1 heterocycles.